The van der Waals surface area contributed by atoms with Crippen LogP contribution in [0.5, 0.6) is 11.5 Å². The van der Waals surface area contributed by atoms with Gasteiger partial charge in [0.1, 0.15) is 13.2 Å². The molecule has 2 heterocycles. The largest absolute Gasteiger partial charge is 0.486 e. The number of benzene rings is 1. The summed E-state index contributed by atoms with van der Waals surface area (Å²) in [7, 11) is 0. The molecule has 1 fully saturated rings. The van der Waals surface area contributed by atoms with E-state index in [1.54, 1.807) is 0 Å². The molecule has 0 saturated carbocycles. The van der Waals surface area contributed by atoms with Gasteiger partial charge in [-0.05, 0) is 56.5 Å². The van der Waals surface area contributed by atoms with Gasteiger partial charge in [0.25, 0.3) is 0 Å². The second kappa shape index (κ2) is 6.95. The van der Waals surface area contributed by atoms with Gasteiger partial charge in [-0.3, -0.25) is 0 Å². The van der Waals surface area contributed by atoms with E-state index in [-0.39, 0.29) is 0 Å². The van der Waals surface area contributed by atoms with Crippen molar-refractivity contribution < 1.29 is 14.2 Å². The van der Waals surface area contributed by atoms with Gasteiger partial charge in [-0.2, -0.15) is 0 Å². The highest BCUT2D eigenvalue weighted by molar-refractivity contribution is 5.43. The van der Waals surface area contributed by atoms with Crippen LogP contribution in [0, 0.1) is 0 Å². The van der Waals surface area contributed by atoms with E-state index in [1.807, 2.05) is 6.07 Å². The van der Waals surface area contributed by atoms with Crippen LogP contribution in [-0.2, 0) is 11.2 Å². The Labute approximate surface area is 120 Å². The molecule has 1 aromatic rings. The molecule has 0 aliphatic carbocycles. The van der Waals surface area contributed by atoms with Crippen molar-refractivity contribution >= 4 is 0 Å². The predicted octanol–water partition coefficient (Wildman–Crippen LogP) is 2.16. The molecule has 2 aliphatic rings. The number of hydrogen-bond acceptors (Lipinski definition) is 4. The normalized spacial score (nSPS) is 21.1. The summed E-state index contributed by atoms with van der Waals surface area (Å²) in [6.45, 7) is 4.27. The Morgan fingerprint density at radius 1 is 1.05 bits per heavy atom. The lowest BCUT2D eigenvalue weighted by molar-refractivity contribution is 0.104. The van der Waals surface area contributed by atoms with E-state index in [4.69, 9.17) is 14.2 Å². The smallest absolute Gasteiger partial charge is 0.161 e. The molecule has 1 aromatic carbocycles. The van der Waals surface area contributed by atoms with Gasteiger partial charge in [-0.15, -0.1) is 0 Å². The highest BCUT2D eigenvalue weighted by Crippen LogP contribution is 2.30. The van der Waals surface area contributed by atoms with Gasteiger partial charge in [0, 0.05) is 6.61 Å². The number of ether oxygens (including phenoxy) is 3. The summed E-state index contributed by atoms with van der Waals surface area (Å²) in [6, 6.07) is 6.22. The lowest BCUT2D eigenvalue weighted by Crippen LogP contribution is -2.22. The van der Waals surface area contributed by atoms with Crippen molar-refractivity contribution in [2.24, 2.45) is 0 Å². The molecule has 1 atom stereocenters. The van der Waals surface area contributed by atoms with Crippen LogP contribution >= 0.6 is 0 Å². The Kier molecular flexibility index (Phi) is 4.77. The predicted molar refractivity (Wildman–Crippen MR) is 77.6 cm³/mol. The van der Waals surface area contributed by atoms with Crippen molar-refractivity contribution in [2.75, 3.05) is 32.9 Å². The van der Waals surface area contributed by atoms with Gasteiger partial charge in [-0.1, -0.05) is 6.07 Å². The summed E-state index contributed by atoms with van der Waals surface area (Å²) in [5, 5.41) is 3.49. The quantitative estimate of drug-likeness (QED) is 0.809. The Morgan fingerprint density at radius 3 is 2.80 bits per heavy atom. The van der Waals surface area contributed by atoms with Gasteiger partial charge in [0.2, 0.25) is 0 Å². The maximum Gasteiger partial charge on any atom is 0.161 e. The molecule has 1 N–H and O–H groups in total. The fourth-order valence-corrected chi connectivity index (χ4v) is 2.74. The van der Waals surface area contributed by atoms with E-state index >= 15 is 0 Å². The highest BCUT2D eigenvalue weighted by atomic mass is 16.6. The molecule has 0 aromatic heterocycles. The average Bonchev–Trinajstić information content (AvgIpc) is 3.00. The van der Waals surface area contributed by atoms with Gasteiger partial charge in [0.05, 0.1) is 6.10 Å². The maximum absolute atomic E-state index is 5.61. The van der Waals surface area contributed by atoms with Crippen molar-refractivity contribution in [1.29, 1.82) is 0 Å². The van der Waals surface area contributed by atoms with Crippen molar-refractivity contribution in [3.05, 3.63) is 23.8 Å². The molecule has 0 spiro atoms. The first-order chi connectivity index (χ1) is 9.92. The standard InChI is InChI=1S/C16H23NO3/c1-2-14(18-9-1)6-8-17-7-5-13-3-4-15-16(12-13)20-11-10-19-15/h3-4,12,14,17H,1-2,5-11H2. The molecule has 0 amide bonds. The van der Waals surface area contributed by atoms with Crippen molar-refractivity contribution in [3.8, 4) is 11.5 Å². The summed E-state index contributed by atoms with van der Waals surface area (Å²) in [5.74, 6) is 1.75. The van der Waals surface area contributed by atoms with Crippen molar-refractivity contribution in [1.82, 2.24) is 5.32 Å². The lowest BCUT2D eigenvalue weighted by atomic mass is 10.1. The van der Waals surface area contributed by atoms with Crippen LogP contribution < -0.4 is 14.8 Å². The summed E-state index contributed by atoms with van der Waals surface area (Å²) in [4.78, 5) is 0. The second-order valence-electron chi connectivity index (χ2n) is 5.40. The van der Waals surface area contributed by atoms with E-state index in [2.05, 4.69) is 17.4 Å². The highest BCUT2D eigenvalue weighted by Gasteiger charge is 2.14. The van der Waals surface area contributed by atoms with E-state index < -0.39 is 0 Å². The second-order valence-corrected chi connectivity index (χ2v) is 5.40. The zero-order chi connectivity index (χ0) is 13.6. The lowest BCUT2D eigenvalue weighted by Gasteiger charge is -2.19. The minimum atomic E-state index is 0.483. The summed E-state index contributed by atoms with van der Waals surface area (Å²) in [5.41, 5.74) is 1.29. The topological polar surface area (TPSA) is 39.7 Å². The molecular weight excluding hydrogens is 254 g/mol. The third-order valence-electron chi connectivity index (χ3n) is 3.86. The SMILES string of the molecule is c1cc2c(cc1CCNCCC1CCCO1)OCCO2. The molecule has 0 radical (unpaired) electrons. The molecule has 1 unspecified atom stereocenters. The maximum atomic E-state index is 5.61. The fraction of sp³-hybridized carbons (Fsp3) is 0.625. The fourth-order valence-electron chi connectivity index (χ4n) is 2.74. The third kappa shape index (κ3) is 3.64. The molecule has 3 rings (SSSR count). The molecule has 20 heavy (non-hydrogen) atoms. The molecule has 4 heteroatoms. The Bertz CT molecular complexity index is 430. The van der Waals surface area contributed by atoms with E-state index in [1.165, 1.54) is 18.4 Å². The molecule has 0 bridgehead atoms. The van der Waals surface area contributed by atoms with Crippen LogP contribution in [0.1, 0.15) is 24.8 Å². The van der Waals surface area contributed by atoms with E-state index in [0.717, 1.165) is 44.0 Å². The van der Waals surface area contributed by atoms with E-state index in [9.17, 15) is 0 Å². The summed E-state index contributed by atoms with van der Waals surface area (Å²) < 4.78 is 16.7. The van der Waals surface area contributed by atoms with Crippen LogP contribution in [-0.4, -0.2) is 39.0 Å². The van der Waals surface area contributed by atoms with Crippen LogP contribution in [0.15, 0.2) is 18.2 Å². The first kappa shape index (κ1) is 13.7. The zero-order valence-electron chi connectivity index (χ0n) is 11.9. The Morgan fingerprint density at radius 2 is 1.95 bits per heavy atom. The molecule has 1 saturated heterocycles. The van der Waals surface area contributed by atoms with Crippen molar-refractivity contribution in [2.45, 2.75) is 31.8 Å². The van der Waals surface area contributed by atoms with Gasteiger partial charge < -0.3 is 19.5 Å². The summed E-state index contributed by atoms with van der Waals surface area (Å²) in [6.07, 6.45) is 5.08. The number of fused-ring (bicyclic) bond motifs is 1. The van der Waals surface area contributed by atoms with Crippen LogP contribution in [0.4, 0.5) is 0 Å². The molecule has 4 nitrogen and oxygen atoms in total. The number of nitrogens with one attached hydrogen (secondary N) is 1. The number of hydrogen-bond donors (Lipinski definition) is 1. The summed E-state index contributed by atoms with van der Waals surface area (Å²) >= 11 is 0. The van der Waals surface area contributed by atoms with Gasteiger partial charge >= 0.3 is 0 Å². The Balaban J connectivity index is 1.37. The first-order valence-electron chi connectivity index (χ1n) is 7.63. The van der Waals surface area contributed by atoms with Crippen LogP contribution in [0.25, 0.3) is 0 Å². The van der Waals surface area contributed by atoms with E-state index in [0.29, 0.717) is 19.3 Å². The van der Waals surface area contributed by atoms with Crippen molar-refractivity contribution in [3.63, 3.8) is 0 Å². The van der Waals surface area contributed by atoms with Crippen LogP contribution in [0.3, 0.4) is 0 Å². The average molecular weight is 277 g/mol. The zero-order valence-corrected chi connectivity index (χ0v) is 11.9. The van der Waals surface area contributed by atoms with Gasteiger partial charge in [0.15, 0.2) is 11.5 Å². The minimum Gasteiger partial charge on any atom is -0.486 e. The monoisotopic (exact) mass is 277 g/mol. The third-order valence-corrected chi connectivity index (χ3v) is 3.86. The minimum absolute atomic E-state index is 0.483. The number of rotatable bonds is 6. The molecule has 2 aliphatic heterocycles. The Hall–Kier alpha value is -1.26. The van der Waals surface area contributed by atoms with Crippen LogP contribution in [0.2, 0.25) is 0 Å². The molecule has 110 valence electrons. The van der Waals surface area contributed by atoms with Gasteiger partial charge in [-0.25, -0.2) is 0 Å². The first-order valence-corrected chi connectivity index (χ1v) is 7.63. The molecular formula is C16H23NO3.